The summed E-state index contributed by atoms with van der Waals surface area (Å²) in [5.74, 6) is 1.14. The lowest BCUT2D eigenvalue weighted by atomic mass is 10.0. The molecule has 3 aromatic rings. The summed E-state index contributed by atoms with van der Waals surface area (Å²) in [4.78, 5) is 19.9. The minimum absolute atomic E-state index is 0.0117. The van der Waals surface area contributed by atoms with Crippen LogP contribution in [0.25, 0.3) is 11.3 Å². The van der Waals surface area contributed by atoms with Crippen LogP contribution >= 0.6 is 12.2 Å². The number of hydrogen-bond donors (Lipinski definition) is 1. The molecule has 1 aliphatic rings. The lowest BCUT2D eigenvalue weighted by molar-refractivity contribution is -0.384. The van der Waals surface area contributed by atoms with Gasteiger partial charge in [0.2, 0.25) is 0 Å². The van der Waals surface area contributed by atoms with Gasteiger partial charge < -0.3 is 19.5 Å². The van der Waals surface area contributed by atoms with Gasteiger partial charge >= 0.3 is 0 Å². The fourth-order valence-corrected chi connectivity index (χ4v) is 4.34. The third kappa shape index (κ3) is 4.49. The van der Waals surface area contributed by atoms with E-state index in [1.165, 1.54) is 6.07 Å². The molecule has 8 nitrogen and oxygen atoms in total. The molecule has 0 saturated carbocycles. The molecule has 0 amide bonds. The summed E-state index contributed by atoms with van der Waals surface area (Å²) in [5, 5.41) is 15.5. The van der Waals surface area contributed by atoms with Crippen molar-refractivity contribution < 1.29 is 9.34 Å². The van der Waals surface area contributed by atoms with Crippen LogP contribution in [0.4, 0.5) is 5.69 Å². The molecule has 3 heterocycles. The van der Waals surface area contributed by atoms with E-state index in [0.717, 1.165) is 25.2 Å². The van der Waals surface area contributed by atoms with Crippen molar-refractivity contribution in [1.82, 2.24) is 20.1 Å². The van der Waals surface area contributed by atoms with Crippen LogP contribution in [0, 0.1) is 10.1 Å². The van der Waals surface area contributed by atoms with Gasteiger partial charge in [-0.15, -0.1) is 0 Å². The smallest absolute Gasteiger partial charge is 0.280 e. The lowest BCUT2D eigenvalue weighted by Crippen LogP contribution is -2.32. The number of benzene rings is 1. The minimum Gasteiger partial charge on any atom is -0.459 e. The highest BCUT2D eigenvalue weighted by Crippen LogP contribution is 2.41. The highest BCUT2D eigenvalue weighted by atomic mass is 32.1. The molecule has 2 aromatic heterocycles. The number of nitro groups is 1. The summed E-state index contributed by atoms with van der Waals surface area (Å²) in [7, 11) is 4.08. The van der Waals surface area contributed by atoms with E-state index in [-0.39, 0.29) is 17.8 Å². The zero-order valence-corrected chi connectivity index (χ0v) is 18.8. The predicted octanol–water partition coefficient (Wildman–Crippen LogP) is 4.17. The first-order chi connectivity index (χ1) is 15.5. The Kier molecular flexibility index (Phi) is 6.48. The van der Waals surface area contributed by atoms with Gasteiger partial charge in [0.15, 0.2) is 5.11 Å². The molecule has 1 fully saturated rings. The van der Waals surface area contributed by atoms with E-state index in [9.17, 15) is 10.1 Å². The molecule has 0 unspecified atom stereocenters. The molecule has 0 aliphatic carbocycles. The Bertz CT molecular complexity index is 1100. The van der Waals surface area contributed by atoms with Crippen molar-refractivity contribution >= 4 is 23.0 Å². The molecule has 32 heavy (non-hydrogen) atoms. The maximum atomic E-state index is 11.5. The summed E-state index contributed by atoms with van der Waals surface area (Å²) in [6.45, 7) is 1.68. The second-order valence-electron chi connectivity index (χ2n) is 7.95. The standard InChI is InChI=1S/C23H25N5O3S/c1-26(2)14-7-15-27-22(21(25-23(27)32)17-9-5-6-13-24-17)20-12-11-19(31-20)16-8-3-4-10-18(16)28(29)30/h3-6,8-13,21-22H,7,14-15H2,1-2H3,(H,25,32)/t21-,22+/m1/s1. The molecule has 2 atom stereocenters. The van der Waals surface area contributed by atoms with Gasteiger partial charge in [0.05, 0.1) is 22.2 Å². The Morgan fingerprint density at radius 2 is 1.97 bits per heavy atom. The van der Waals surface area contributed by atoms with Gasteiger partial charge in [-0.05, 0) is 69.6 Å². The molecule has 0 bridgehead atoms. The van der Waals surface area contributed by atoms with E-state index >= 15 is 0 Å². The number of nitrogens with one attached hydrogen (secondary N) is 1. The third-order valence-corrected chi connectivity index (χ3v) is 5.84. The second-order valence-corrected chi connectivity index (χ2v) is 8.34. The fraction of sp³-hybridized carbons (Fsp3) is 0.304. The van der Waals surface area contributed by atoms with Gasteiger partial charge in [-0.25, -0.2) is 0 Å². The van der Waals surface area contributed by atoms with Crippen LogP contribution in [-0.2, 0) is 0 Å². The number of hydrogen-bond acceptors (Lipinski definition) is 6. The van der Waals surface area contributed by atoms with Crippen LogP contribution in [-0.4, -0.2) is 52.0 Å². The average molecular weight is 452 g/mol. The maximum absolute atomic E-state index is 11.5. The van der Waals surface area contributed by atoms with Crippen LogP contribution in [0.1, 0.15) is 30.0 Å². The highest BCUT2D eigenvalue weighted by Gasteiger charge is 2.41. The fourth-order valence-electron chi connectivity index (χ4n) is 4.01. The Balaban J connectivity index is 1.70. The van der Waals surface area contributed by atoms with Gasteiger partial charge in [0.25, 0.3) is 5.69 Å². The first-order valence-electron chi connectivity index (χ1n) is 10.4. The summed E-state index contributed by atoms with van der Waals surface area (Å²) in [6, 6.07) is 15.6. The zero-order chi connectivity index (χ0) is 22.7. The van der Waals surface area contributed by atoms with Crippen LogP contribution in [0.5, 0.6) is 0 Å². The number of rotatable bonds is 8. The first-order valence-corrected chi connectivity index (χ1v) is 10.8. The molecular weight excluding hydrogens is 426 g/mol. The van der Waals surface area contributed by atoms with E-state index in [4.69, 9.17) is 16.6 Å². The number of pyridine rings is 1. The van der Waals surface area contributed by atoms with Gasteiger partial charge in [-0.1, -0.05) is 18.2 Å². The van der Waals surface area contributed by atoms with Crippen LogP contribution < -0.4 is 5.32 Å². The second kappa shape index (κ2) is 9.46. The molecular formula is C23H25N5O3S. The van der Waals surface area contributed by atoms with Gasteiger partial charge in [0, 0.05) is 18.8 Å². The molecule has 1 N–H and O–H groups in total. The zero-order valence-electron chi connectivity index (χ0n) is 18.0. The van der Waals surface area contributed by atoms with Crippen molar-refractivity contribution in [2.45, 2.75) is 18.5 Å². The Morgan fingerprint density at radius 3 is 2.69 bits per heavy atom. The first kappa shape index (κ1) is 21.9. The monoisotopic (exact) mass is 451 g/mol. The van der Waals surface area contributed by atoms with Gasteiger partial charge in [0.1, 0.15) is 17.6 Å². The van der Waals surface area contributed by atoms with Crippen molar-refractivity contribution in [2.24, 2.45) is 0 Å². The Labute approximate surface area is 192 Å². The molecule has 166 valence electrons. The van der Waals surface area contributed by atoms with Crippen LogP contribution in [0.3, 0.4) is 0 Å². The number of aromatic nitrogens is 1. The summed E-state index contributed by atoms with van der Waals surface area (Å²) < 4.78 is 6.22. The predicted molar refractivity (Wildman–Crippen MR) is 126 cm³/mol. The summed E-state index contributed by atoms with van der Waals surface area (Å²) in [5.41, 5.74) is 1.32. The lowest BCUT2D eigenvalue weighted by Gasteiger charge is -2.26. The molecule has 4 rings (SSSR count). The molecule has 0 spiro atoms. The van der Waals surface area contributed by atoms with E-state index in [1.807, 2.05) is 38.4 Å². The summed E-state index contributed by atoms with van der Waals surface area (Å²) in [6.07, 6.45) is 2.69. The summed E-state index contributed by atoms with van der Waals surface area (Å²) >= 11 is 5.67. The van der Waals surface area contributed by atoms with E-state index in [0.29, 0.717) is 22.2 Å². The molecule has 9 heteroatoms. The normalized spacial score (nSPS) is 18.2. The molecule has 1 saturated heterocycles. The van der Waals surface area contributed by atoms with Crippen molar-refractivity contribution in [3.05, 3.63) is 82.4 Å². The number of furan rings is 1. The van der Waals surface area contributed by atoms with Crippen LogP contribution in [0.2, 0.25) is 0 Å². The topological polar surface area (TPSA) is 87.7 Å². The van der Waals surface area contributed by atoms with Gasteiger partial charge in [-0.3, -0.25) is 15.1 Å². The largest absolute Gasteiger partial charge is 0.459 e. The number of thiocarbonyl (C=S) groups is 1. The minimum atomic E-state index is -0.395. The number of nitrogens with zero attached hydrogens (tertiary/aromatic N) is 4. The third-order valence-electron chi connectivity index (χ3n) is 5.49. The quantitative estimate of drug-likeness (QED) is 0.310. The highest BCUT2D eigenvalue weighted by molar-refractivity contribution is 7.80. The maximum Gasteiger partial charge on any atom is 0.280 e. The number of para-hydroxylation sites is 1. The van der Waals surface area contributed by atoms with E-state index in [1.54, 1.807) is 30.5 Å². The molecule has 0 radical (unpaired) electrons. The van der Waals surface area contributed by atoms with Crippen molar-refractivity contribution in [3.63, 3.8) is 0 Å². The van der Waals surface area contributed by atoms with Crippen LogP contribution in [0.15, 0.2) is 65.2 Å². The SMILES string of the molecule is CN(C)CCCN1C(=S)N[C@H](c2ccccn2)[C@@H]1c1ccc(-c2ccccc2[N+](=O)[O-])o1. The molecule has 1 aliphatic heterocycles. The van der Waals surface area contributed by atoms with Crippen molar-refractivity contribution in [1.29, 1.82) is 0 Å². The Morgan fingerprint density at radius 1 is 1.19 bits per heavy atom. The Hall–Kier alpha value is -3.30. The molecule has 1 aromatic carbocycles. The van der Waals surface area contributed by atoms with Gasteiger partial charge in [-0.2, -0.15) is 0 Å². The number of nitro benzene ring substituents is 1. The average Bonchev–Trinajstić information content (AvgIpc) is 3.39. The van der Waals surface area contributed by atoms with E-state index < -0.39 is 4.92 Å². The van der Waals surface area contributed by atoms with Crippen molar-refractivity contribution in [2.75, 3.05) is 27.2 Å². The van der Waals surface area contributed by atoms with Crippen molar-refractivity contribution in [3.8, 4) is 11.3 Å². The van der Waals surface area contributed by atoms with E-state index in [2.05, 4.69) is 20.1 Å².